The Hall–Kier alpha value is -1.10. The summed E-state index contributed by atoms with van der Waals surface area (Å²) in [6.07, 6.45) is 1.09. The zero-order valence-electron chi connectivity index (χ0n) is 10.8. The SMILES string of the molecule is CCC1(C(=O)O)CCN(C(=O)C(C)C(C)N)C1. The molecule has 0 bridgehead atoms. The maximum atomic E-state index is 12.1. The average Bonchev–Trinajstić information content (AvgIpc) is 2.72. The summed E-state index contributed by atoms with van der Waals surface area (Å²) >= 11 is 0. The largest absolute Gasteiger partial charge is 0.481 e. The Balaban J connectivity index is 2.73. The molecule has 1 aliphatic rings. The van der Waals surface area contributed by atoms with Crippen LogP contribution in [-0.4, -0.2) is 41.0 Å². The number of nitrogens with zero attached hydrogens (tertiary/aromatic N) is 1. The van der Waals surface area contributed by atoms with Gasteiger partial charge in [-0.25, -0.2) is 0 Å². The van der Waals surface area contributed by atoms with E-state index < -0.39 is 11.4 Å². The second-order valence-electron chi connectivity index (χ2n) is 5.10. The fourth-order valence-electron chi connectivity index (χ4n) is 2.19. The zero-order chi connectivity index (χ0) is 13.2. The van der Waals surface area contributed by atoms with E-state index in [1.54, 1.807) is 18.7 Å². The molecule has 1 amide bonds. The summed E-state index contributed by atoms with van der Waals surface area (Å²) < 4.78 is 0. The number of carboxylic acid groups (broad SMARTS) is 1. The van der Waals surface area contributed by atoms with Gasteiger partial charge < -0.3 is 15.7 Å². The van der Waals surface area contributed by atoms with Crippen LogP contribution in [0.2, 0.25) is 0 Å². The molecule has 0 radical (unpaired) electrons. The number of likely N-dealkylation sites (tertiary alicyclic amines) is 1. The van der Waals surface area contributed by atoms with Crippen molar-refractivity contribution in [3.05, 3.63) is 0 Å². The summed E-state index contributed by atoms with van der Waals surface area (Å²) in [5, 5.41) is 9.25. The zero-order valence-corrected chi connectivity index (χ0v) is 10.8. The van der Waals surface area contributed by atoms with Crippen LogP contribution in [0, 0.1) is 11.3 Å². The summed E-state index contributed by atoms with van der Waals surface area (Å²) in [6, 6.07) is -0.205. The highest BCUT2D eigenvalue weighted by Gasteiger charge is 2.45. The monoisotopic (exact) mass is 242 g/mol. The molecular formula is C12H22N2O3. The number of nitrogens with two attached hydrogens (primary N) is 1. The van der Waals surface area contributed by atoms with Crippen LogP contribution >= 0.6 is 0 Å². The minimum absolute atomic E-state index is 0.0309. The van der Waals surface area contributed by atoms with Crippen molar-refractivity contribution in [2.75, 3.05) is 13.1 Å². The van der Waals surface area contributed by atoms with Crippen molar-refractivity contribution < 1.29 is 14.7 Å². The Kier molecular flexibility index (Phi) is 4.14. The molecule has 0 aromatic heterocycles. The number of carbonyl (C=O) groups is 2. The number of amides is 1. The lowest BCUT2D eigenvalue weighted by Crippen LogP contribution is -2.42. The minimum Gasteiger partial charge on any atom is -0.481 e. The van der Waals surface area contributed by atoms with Gasteiger partial charge in [-0.1, -0.05) is 13.8 Å². The second kappa shape index (κ2) is 5.04. The van der Waals surface area contributed by atoms with E-state index in [2.05, 4.69) is 0 Å². The first kappa shape index (κ1) is 14.0. The van der Waals surface area contributed by atoms with Gasteiger partial charge in [0.2, 0.25) is 5.91 Å². The first-order valence-corrected chi connectivity index (χ1v) is 6.12. The van der Waals surface area contributed by atoms with Gasteiger partial charge in [0, 0.05) is 19.1 Å². The Morgan fingerprint density at radius 1 is 1.47 bits per heavy atom. The maximum absolute atomic E-state index is 12.1. The van der Waals surface area contributed by atoms with E-state index >= 15 is 0 Å². The van der Waals surface area contributed by atoms with Gasteiger partial charge in [-0.05, 0) is 19.8 Å². The molecule has 1 rings (SSSR count). The highest BCUT2D eigenvalue weighted by atomic mass is 16.4. The van der Waals surface area contributed by atoms with Crippen LogP contribution in [0.1, 0.15) is 33.6 Å². The number of aliphatic carboxylic acids is 1. The molecule has 1 fully saturated rings. The van der Waals surface area contributed by atoms with Gasteiger partial charge >= 0.3 is 5.97 Å². The first-order valence-electron chi connectivity index (χ1n) is 6.12. The van der Waals surface area contributed by atoms with Crippen LogP contribution in [0.3, 0.4) is 0 Å². The molecule has 98 valence electrons. The molecule has 0 aliphatic carbocycles. The molecule has 3 atom stereocenters. The Morgan fingerprint density at radius 3 is 2.41 bits per heavy atom. The molecule has 3 unspecified atom stereocenters. The van der Waals surface area contributed by atoms with Crippen LogP contribution < -0.4 is 5.73 Å². The summed E-state index contributed by atoms with van der Waals surface area (Å²) in [6.45, 7) is 6.28. The summed E-state index contributed by atoms with van der Waals surface area (Å²) in [4.78, 5) is 25.0. The van der Waals surface area contributed by atoms with E-state index in [-0.39, 0.29) is 17.9 Å². The van der Waals surface area contributed by atoms with Crippen LogP contribution in [0.15, 0.2) is 0 Å². The van der Waals surface area contributed by atoms with Gasteiger partial charge in [-0.2, -0.15) is 0 Å². The first-order chi connectivity index (χ1) is 7.84. The molecule has 1 saturated heterocycles. The van der Waals surface area contributed by atoms with E-state index in [0.29, 0.717) is 25.9 Å². The molecule has 5 heteroatoms. The number of carbonyl (C=O) groups excluding carboxylic acids is 1. The highest BCUT2D eigenvalue weighted by Crippen LogP contribution is 2.34. The maximum Gasteiger partial charge on any atom is 0.311 e. The average molecular weight is 242 g/mol. The van der Waals surface area contributed by atoms with Gasteiger partial charge in [0.1, 0.15) is 0 Å². The van der Waals surface area contributed by atoms with Gasteiger partial charge in [0.15, 0.2) is 0 Å². The molecule has 5 nitrogen and oxygen atoms in total. The van der Waals surface area contributed by atoms with Crippen LogP contribution in [0.25, 0.3) is 0 Å². The van der Waals surface area contributed by atoms with E-state index in [1.165, 1.54) is 0 Å². The second-order valence-corrected chi connectivity index (χ2v) is 5.10. The van der Waals surface area contributed by atoms with Crippen LogP contribution in [0.4, 0.5) is 0 Å². The van der Waals surface area contributed by atoms with Gasteiger partial charge in [-0.15, -0.1) is 0 Å². The summed E-state index contributed by atoms with van der Waals surface area (Å²) in [7, 11) is 0. The number of carboxylic acids is 1. The van der Waals surface area contributed by atoms with E-state index in [0.717, 1.165) is 0 Å². The normalized spacial score (nSPS) is 27.9. The van der Waals surface area contributed by atoms with Crippen molar-refractivity contribution in [1.82, 2.24) is 4.90 Å². The van der Waals surface area contributed by atoms with Crippen molar-refractivity contribution in [3.63, 3.8) is 0 Å². The number of rotatable bonds is 4. The molecule has 0 spiro atoms. The molecule has 0 aromatic carbocycles. The molecule has 0 saturated carbocycles. The molecule has 0 aromatic rings. The van der Waals surface area contributed by atoms with Gasteiger partial charge in [0.05, 0.1) is 11.3 Å². The Bertz CT molecular complexity index is 317. The third-order valence-corrected chi connectivity index (χ3v) is 3.97. The predicted molar refractivity (Wildman–Crippen MR) is 64.4 cm³/mol. The van der Waals surface area contributed by atoms with Crippen molar-refractivity contribution in [3.8, 4) is 0 Å². The highest BCUT2D eigenvalue weighted by molar-refractivity contribution is 5.82. The van der Waals surface area contributed by atoms with Gasteiger partial charge in [0.25, 0.3) is 0 Å². The van der Waals surface area contributed by atoms with Crippen LogP contribution in [-0.2, 0) is 9.59 Å². The molecular weight excluding hydrogens is 220 g/mol. The minimum atomic E-state index is -0.802. The smallest absolute Gasteiger partial charge is 0.311 e. The Morgan fingerprint density at radius 2 is 2.06 bits per heavy atom. The third kappa shape index (κ3) is 2.60. The van der Waals surface area contributed by atoms with Crippen LogP contribution in [0.5, 0.6) is 0 Å². The molecule has 1 aliphatic heterocycles. The quantitative estimate of drug-likeness (QED) is 0.759. The summed E-state index contributed by atoms with van der Waals surface area (Å²) in [5.74, 6) is -1.09. The lowest BCUT2D eigenvalue weighted by Gasteiger charge is -2.26. The molecule has 1 heterocycles. The Labute approximate surface area is 102 Å². The van der Waals surface area contributed by atoms with Gasteiger partial charge in [-0.3, -0.25) is 9.59 Å². The van der Waals surface area contributed by atoms with Crippen molar-refractivity contribution >= 4 is 11.9 Å². The summed E-state index contributed by atoms with van der Waals surface area (Å²) in [5.41, 5.74) is 4.94. The number of hydrogen-bond donors (Lipinski definition) is 2. The lowest BCUT2D eigenvalue weighted by atomic mass is 9.84. The fourth-order valence-corrected chi connectivity index (χ4v) is 2.19. The topological polar surface area (TPSA) is 83.6 Å². The van der Waals surface area contributed by atoms with Crippen molar-refractivity contribution in [2.45, 2.75) is 39.7 Å². The molecule has 17 heavy (non-hydrogen) atoms. The lowest BCUT2D eigenvalue weighted by molar-refractivity contribution is -0.149. The number of hydrogen-bond acceptors (Lipinski definition) is 3. The molecule has 3 N–H and O–H groups in total. The van der Waals surface area contributed by atoms with Crippen molar-refractivity contribution in [1.29, 1.82) is 0 Å². The standard InChI is InChI=1S/C12H22N2O3/c1-4-12(11(16)17)5-6-14(7-12)10(15)8(2)9(3)13/h8-9H,4-7,13H2,1-3H3,(H,16,17). The van der Waals surface area contributed by atoms with E-state index in [9.17, 15) is 14.7 Å². The van der Waals surface area contributed by atoms with E-state index in [4.69, 9.17) is 5.73 Å². The van der Waals surface area contributed by atoms with E-state index in [1.807, 2.05) is 6.92 Å². The van der Waals surface area contributed by atoms with Crippen molar-refractivity contribution in [2.24, 2.45) is 17.1 Å². The fraction of sp³-hybridized carbons (Fsp3) is 0.833. The third-order valence-electron chi connectivity index (χ3n) is 3.97. The predicted octanol–water partition coefficient (Wildman–Crippen LogP) is 0.683.